The molecule has 0 radical (unpaired) electrons. The first kappa shape index (κ1) is 39.4. The van der Waals surface area contributed by atoms with Gasteiger partial charge in [0.1, 0.15) is 12.1 Å². The van der Waals surface area contributed by atoms with E-state index < -0.39 is 0 Å². The zero-order chi connectivity index (χ0) is 47.3. The number of nitrogens with zero attached hydrogens (tertiary/aromatic N) is 6. The molecular weight excluding hydrogens is 865 g/mol. The highest BCUT2D eigenvalue weighted by Crippen LogP contribution is 2.55. The molecule has 0 bridgehead atoms. The van der Waals surface area contributed by atoms with Gasteiger partial charge in [-0.2, -0.15) is 10.5 Å². The van der Waals surface area contributed by atoms with Crippen molar-refractivity contribution in [2.24, 2.45) is 0 Å². The molecule has 0 amide bonds. The van der Waals surface area contributed by atoms with Crippen LogP contribution in [0.5, 0.6) is 0 Å². The summed E-state index contributed by atoms with van der Waals surface area (Å²) >= 11 is 0. The fourth-order valence-corrected chi connectivity index (χ4v) is 12.8. The average Bonchev–Trinajstić information content (AvgIpc) is 4.19. The number of aromatic nitrogens is 4. The van der Waals surface area contributed by atoms with Crippen LogP contribution >= 0.6 is 0 Å². The lowest BCUT2D eigenvalue weighted by Gasteiger charge is -2.28. The van der Waals surface area contributed by atoms with Crippen LogP contribution in [0.3, 0.4) is 0 Å². The molecule has 1 aliphatic carbocycles. The van der Waals surface area contributed by atoms with Crippen LogP contribution in [0.2, 0.25) is 0 Å². The van der Waals surface area contributed by atoms with Crippen LogP contribution in [-0.4, -0.2) is 18.3 Å². The second kappa shape index (κ2) is 14.2. The summed E-state index contributed by atoms with van der Waals surface area (Å²) in [4.78, 5) is 0. The van der Waals surface area contributed by atoms with Gasteiger partial charge in [0, 0.05) is 48.5 Å². The summed E-state index contributed by atoms with van der Waals surface area (Å²) in [5.41, 5.74) is 15.8. The zero-order valence-corrected chi connectivity index (χ0v) is 38.8. The molecule has 0 spiro atoms. The number of fused-ring (bicyclic) bond motifs is 16. The summed E-state index contributed by atoms with van der Waals surface area (Å²) in [6.45, 7) is 4.67. The Morgan fingerprint density at radius 2 is 0.620 bits per heavy atom. The third-order valence-corrected chi connectivity index (χ3v) is 15.6. The number of nitriles is 2. The first-order valence-corrected chi connectivity index (χ1v) is 24.2. The second-order valence-electron chi connectivity index (χ2n) is 19.4. The number of hydrogen-bond donors (Lipinski definition) is 0. The molecule has 6 heteroatoms. The minimum absolute atomic E-state index is 0.287. The summed E-state index contributed by atoms with van der Waals surface area (Å²) in [7, 11) is 0. The largest absolute Gasteiger partial charge is 0.306 e. The van der Waals surface area contributed by atoms with E-state index in [-0.39, 0.29) is 16.5 Å². The van der Waals surface area contributed by atoms with Crippen molar-refractivity contribution >= 4 is 87.2 Å². The molecule has 14 aromatic rings. The molecule has 0 saturated heterocycles. The Balaban J connectivity index is 1.27. The van der Waals surface area contributed by atoms with Gasteiger partial charge in [0.25, 0.3) is 0 Å². The van der Waals surface area contributed by atoms with Gasteiger partial charge in [0.05, 0.1) is 78.0 Å². The smallest absolute Gasteiger partial charge is 0.103 e. The lowest BCUT2D eigenvalue weighted by Crippen LogP contribution is -2.17. The SMILES string of the molecule is CC1(C)c2ccccc2-c2ccc3c(c21)c1ccccc1n3-c1c(C#N)c(C#N)c(-n2c3ccccc3c3ccccc32)c(-n2c3ccccc3c3ccccc32)c1-n1c2ccccc2c2ccccc21. The van der Waals surface area contributed by atoms with Gasteiger partial charge >= 0.3 is 0 Å². The lowest BCUT2D eigenvalue weighted by molar-refractivity contribution is 0.666. The second-order valence-corrected chi connectivity index (χ2v) is 19.4. The summed E-state index contributed by atoms with van der Waals surface area (Å²) in [5.74, 6) is 0. The monoisotopic (exact) mass is 904 g/mol. The van der Waals surface area contributed by atoms with Crippen molar-refractivity contribution in [3.8, 4) is 46.0 Å². The van der Waals surface area contributed by atoms with Crippen molar-refractivity contribution in [1.29, 1.82) is 10.5 Å². The van der Waals surface area contributed by atoms with Crippen molar-refractivity contribution in [2.75, 3.05) is 0 Å². The number of para-hydroxylation sites is 7. The lowest BCUT2D eigenvalue weighted by atomic mass is 9.80. The molecule has 4 heterocycles. The molecule has 330 valence electrons. The molecule has 4 aromatic heterocycles. The maximum atomic E-state index is 12.3. The Morgan fingerprint density at radius 3 is 1.01 bits per heavy atom. The first-order valence-electron chi connectivity index (χ1n) is 24.2. The Bertz CT molecular complexity index is 4600. The van der Waals surface area contributed by atoms with Crippen LogP contribution in [0.4, 0.5) is 0 Å². The van der Waals surface area contributed by atoms with E-state index in [1.165, 1.54) is 22.3 Å². The van der Waals surface area contributed by atoms with Gasteiger partial charge < -0.3 is 18.3 Å². The third-order valence-electron chi connectivity index (χ3n) is 15.6. The van der Waals surface area contributed by atoms with E-state index in [0.717, 1.165) is 98.6 Å². The van der Waals surface area contributed by atoms with E-state index in [2.05, 4.69) is 251 Å². The molecule has 0 unspecified atom stereocenters. The summed E-state index contributed by atoms with van der Waals surface area (Å²) < 4.78 is 9.32. The summed E-state index contributed by atoms with van der Waals surface area (Å²) in [6, 6.07) is 78.7. The fourth-order valence-electron chi connectivity index (χ4n) is 12.8. The molecular formula is C65H40N6. The van der Waals surface area contributed by atoms with E-state index in [4.69, 9.17) is 0 Å². The van der Waals surface area contributed by atoms with E-state index in [0.29, 0.717) is 11.4 Å². The Morgan fingerprint density at radius 1 is 0.310 bits per heavy atom. The molecule has 0 saturated carbocycles. The number of rotatable bonds is 4. The molecule has 10 aromatic carbocycles. The summed E-state index contributed by atoms with van der Waals surface area (Å²) in [6.07, 6.45) is 0. The fraction of sp³-hybridized carbons (Fsp3) is 0.0462. The highest BCUT2D eigenvalue weighted by atomic mass is 15.1. The standard InChI is InChI=1S/C65H40N6/c1-65(2)50-27-11-3-19-39(50)46-35-36-58-59(60(46)65)47-26-10-18-34-57(47)71(58)62-49(38-67)48(37-66)61(68-51-28-12-4-20-40(51)41-21-5-13-29-52(41)68)63(69-53-30-14-6-22-42(53)43-23-7-15-31-54(43)69)64(62)70-55-32-16-8-24-44(55)45-25-9-17-33-56(45)70/h3-36H,1-2H3. The van der Waals surface area contributed by atoms with E-state index in [9.17, 15) is 10.5 Å². The number of benzene rings is 10. The highest BCUT2D eigenvalue weighted by molar-refractivity contribution is 6.18. The predicted molar refractivity (Wildman–Crippen MR) is 291 cm³/mol. The zero-order valence-electron chi connectivity index (χ0n) is 38.8. The van der Waals surface area contributed by atoms with Crippen LogP contribution in [0.25, 0.3) is 121 Å². The van der Waals surface area contributed by atoms with Gasteiger partial charge in [-0.15, -0.1) is 0 Å². The number of hydrogen-bond acceptors (Lipinski definition) is 2. The Kier molecular flexibility index (Phi) is 7.88. The average molecular weight is 905 g/mol. The Labute approximate surface area is 407 Å². The molecule has 0 fully saturated rings. The maximum absolute atomic E-state index is 12.3. The molecule has 1 aliphatic rings. The van der Waals surface area contributed by atoms with Crippen molar-refractivity contribution in [3.05, 3.63) is 229 Å². The summed E-state index contributed by atoms with van der Waals surface area (Å²) in [5, 5.41) is 33.1. The van der Waals surface area contributed by atoms with Gasteiger partial charge in [-0.3, -0.25) is 0 Å². The first-order chi connectivity index (χ1) is 35.0. The topological polar surface area (TPSA) is 67.3 Å². The highest BCUT2D eigenvalue weighted by Gasteiger charge is 2.40. The van der Waals surface area contributed by atoms with Crippen molar-refractivity contribution < 1.29 is 0 Å². The van der Waals surface area contributed by atoms with Gasteiger partial charge in [-0.25, -0.2) is 0 Å². The van der Waals surface area contributed by atoms with Crippen LogP contribution in [0.1, 0.15) is 36.1 Å². The maximum Gasteiger partial charge on any atom is 0.103 e. The predicted octanol–water partition coefficient (Wildman–Crippen LogP) is 16.1. The minimum Gasteiger partial charge on any atom is -0.306 e. The van der Waals surface area contributed by atoms with Crippen LogP contribution in [0.15, 0.2) is 206 Å². The van der Waals surface area contributed by atoms with Crippen LogP contribution in [-0.2, 0) is 5.41 Å². The molecule has 15 rings (SSSR count). The van der Waals surface area contributed by atoms with E-state index >= 15 is 0 Å². The molecule has 6 nitrogen and oxygen atoms in total. The van der Waals surface area contributed by atoms with Crippen molar-refractivity contribution in [1.82, 2.24) is 18.3 Å². The van der Waals surface area contributed by atoms with Crippen molar-refractivity contribution in [3.63, 3.8) is 0 Å². The van der Waals surface area contributed by atoms with E-state index in [1.807, 2.05) is 0 Å². The van der Waals surface area contributed by atoms with Crippen molar-refractivity contribution in [2.45, 2.75) is 19.3 Å². The van der Waals surface area contributed by atoms with Crippen LogP contribution in [0, 0.1) is 22.7 Å². The molecule has 0 atom stereocenters. The third kappa shape index (κ3) is 4.98. The normalized spacial score (nSPS) is 13.0. The Hall–Kier alpha value is -9.62. The molecule has 0 N–H and O–H groups in total. The van der Waals surface area contributed by atoms with Gasteiger partial charge in [-0.1, -0.05) is 172 Å². The van der Waals surface area contributed by atoms with Gasteiger partial charge in [0.2, 0.25) is 0 Å². The van der Waals surface area contributed by atoms with E-state index in [1.54, 1.807) is 0 Å². The van der Waals surface area contributed by atoms with Gasteiger partial charge in [-0.05, 0) is 70.8 Å². The van der Waals surface area contributed by atoms with Gasteiger partial charge in [0.15, 0.2) is 0 Å². The molecule has 0 aliphatic heterocycles. The minimum atomic E-state index is -0.333. The van der Waals surface area contributed by atoms with Crippen LogP contribution < -0.4 is 0 Å². The quantitative estimate of drug-likeness (QED) is 0.177. The molecule has 71 heavy (non-hydrogen) atoms.